The fourth-order valence-corrected chi connectivity index (χ4v) is 2.46. The molecule has 1 atom stereocenters. The Morgan fingerprint density at radius 3 is 2.90 bits per heavy atom. The predicted molar refractivity (Wildman–Crippen MR) is 75.2 cm³/mol. The Morgan fingerprint density at radius 1 is 1.60 bits per heavy atom. The van der Waals surface area contributed by atoms with E-state index in [1.165, 1.54) is 0 Å². The van der Waals surface area contributed by atoms with Crippen molar-refractivity contribution in [2.75, 3.05) is 13.1 Å². The summed E-state index contributed by atoms with van der Waals surface area (Å²) in [6.45, 7) is 5.46. The zero-order chi connectivity index (χ0) is 14.7. The van der Waals surface area contributed by atoms with Crippen LogP contribution in [0.1, 0.15) is 20.3 Å². The van der Waals surface area contributed by atoms with E-state index in [1.807, 2.05) is 13.8 Å². The van der Waals surface area contributed by atoms with Crippen molar-refractivity contribution in [2.24, 2.45) is 5.92 Å². The average Bonchev–Trinajstić information content (AvgIpc) is 2.95. The number of hydrogen-bond acceptors (Lipinski definition) is 3. The highest BCUT2D eigenvalue weighted by molar-refractivity contribution is 6.30. The second-order valence-corrected chi connectivity index (χ2v) is 5.69. The van der Waals surface area contributed by atoms with E-state index < -0.39 is 0 Å². The summed E-state index contributed by atoms with van der Waals surface area (Å²) in [5.41, 5.74) is 0. The van der Waals surface area contributed by atoms with Crippen LogP contribution in [0.5, 0.6) is 0 Å². The maximum atomic E-state index is 12.0. The van der Waals surface area contributed by atoms with Gasteiger partial charge in [-0.2, -0.15) is 5.10 Å². The third kappa shape index (κ3) is 3.50. The van der Waals surface area contributed by atoms with E-state index in [9.17, 15) is 9.59 Å². The molecule has 0 aromatic carbocycles. The average molecular weight is 299 g/mol. The molecule has 110 valence electrons. The van der Waals surface area contributed by atoms with Crippen molar-refractivity contribution < 1.29 is 9.59 Å². The zero-order valence-corrected chi connectivity index (χ0v) is 12.4. The lowest BCUT2D eigenvalue weighted by Crippen LogP contribution is -2.36. The smallest absolute Gasteiger partial charge is 0.225 e. The minimum absolute atomic E-state index is 0.0546. The Kier molecular flexibility index (Phi) is 4.65. The Bertz CT molecular complexity index is 500. The summed E-state index contributed by atoms with van der Waals surface area (Å²) >= 11 is 5.75. The Morgan fingerprint density at radius 2 is 2.35 bits per heavy atom. The summed E-state index contributed by atoms with van der Waals surface area (Å²) in [6.07, 6.45) is 3.56. The minimum Gasteiger partial charge on any atom is -0.354 e. The molecule has 20 heavy (non-hydrogen) atoms. The summed E-state index contributed by atoms with van der Waals surface area (Å²) in [5, 5.41) is 7.44. The summed E-state index contributed by atoms with van der Waals surface area (Å²) in [4.78, 5) is 25.5. The Labute approximate surface area is 123 Å². The van der Waals surface area contributed by atoms with Gasteiger partial charge in [0.1, 0.15) is 0 Å². The van der Waals surface area contributed by atoms with Crippen LogP contribution in [0.4, 0.5) is 0 Å². The maximum Gasteiger partial charge on any atom is 0.225 e. The molecular formula is C13H19ClN4O2. The third-order valence-corrected chi connectivity index (χ3v) is 3.59. The lowest BCUT2D eigenvalue weighted by atomic mass is 10.1. The van der Waals surface area contributed by atoms with E-state index in [2.05, 4.69) is 10.4 Å². The molecule has 1 aliphatic rings. The van der Waals surface area contributed by atoms with E-state index >= 15 is 0 Å². The SMILES string of the molecule is CC(C)N1CC(C(=O)NCCn2cc(Cl)cn2)CC1=O. The quantitative estimate of drug-likeness (QED) is 0.878. The van der Waals surface area contributed by atoms with Crippen molar-refractivity contribution in [3.63, 3.8) is 0 Å². The van der Waals surface area contributed by atoms with Gasteiger partial charge in [-0.25, -0.2) is 0 Å². The fraction of sp³-hybridized carbons (Fsp3) is 0.615. The molecule has 2 rings (SSSR count). The van der Waals surface area contributed by atoms with Crippen LogP contribution in [0.3, 0.4) is 0 Å². The van der Waals surface area contributed by atoms with E-state index in [0.717, 1.165) is 0 Å². The number of carbonyl (C=O) groups excluding carboxylic acids is 2. The van der Waals surface area contributed by atoms with Gasteiger partial charge in [0, 0.05) is 31.7 Å². The van der Waals surface area contributed by atoms with Crippen LogP contribution in [0.15, 0.2) is 12.4 Å². The molecule has 1 fully saturated rings. The molecule has 0 aliphatic carbocycles. The molecule has 1 aliphatic heterocycles. The van der Waals surface area contributed by atoms with Crippen LogP contribution >= 0.6 is 11.6 Å². The van der Waals surface area contributed by atoms with Crippen LogP contribution in [-0.4, -0.2) is 45.6 Å². The van der Waals surface area contributed by atoms with Gasteiger partial charge in [0.05, 0.1) is 23.7 Å². The van der Waals surface area contributed by atoms with E-state index in [0.29, 0.717) is 31.1 Å². The number of rotatable bonds is 5. The summed E-state index contributed by atoms with van der Waals surface area (Å²) < 4.78 is 1.67. The highest BCUT2D eigenvalue weighted by Gasteiger charge is 2.35. The van der Waals surface area contributed by atoms with E-state index in [1.54, 1.807) is 22.0 Å². The van der Waals surface area contributed by atoms with E-state index in [4.69, 9.17) is 11.6 Å². The van der Waals surface area contributed by atoms with Gasteiger partial charge in [-0.15, -0.1) is 0 Å². The highest BCUT2D eigenvalue weighted by atomic mass is 35.5. The maximum absolute atomic E-state index is 12.0. The highest BCUT2D eigenvalue weighted by Crippen LogP contribution is 2.20. The third-order valence-electron chi connectivity index (χ3n) is 3.39. The van der Waals surface area contributed by atoms with Crippen LogP contribution < -0.4 is 5.32 Å². The molecule has 0 saturated carbocycles. The van der Waals surface area contributed by atoms with Crippen molar-refractivity contribution in [3.8, 4) is 0 Å². The second kappa shape index (κ2) is 6.26. The Hall–Kier alpha value is -1.56. The van der Waals surface area contributed by atoms with Crippen molar-refractivity contribution in [3.05, 3.63) is 17.4 Å². The lowest BCUT2D eigenvalue weighted by Gasteiger charge is -2.20. The molecule has 6 nitrogen and oxygen atoms in total. The molecule has 1 aromatic rings. The van der Waals surface area contributed by atoms with Gasteiger partial charge in [-0.05, 0) is 13.8 Å². The van der Waals surface area contributed by atoms with Crippen LogP contribution in [0.2, 0.25) is 5.02 Å². The van der Waals surface area contributed by atoms with Gasteiger partial charge in [0.25, 0.3) is 0 Å². The van der Waals surface area contributed by atoms with Crippen molar-refractivity contribution >= 4 is 23.4 Å². The standard InChI is InChI=1S/C13H19ClN4O2/c1-9(2)18-7-10(5-12(18)19)13(20)15-3-4-17-8-11(14)6-16-17/h6,8-10H,3-5,7H2,1-2H3,(H,15,20). The summed E-state index contributed by atoms with van der Waals surface area (Å²) in [7, 11) is 0. The molecule has 1 saturated heterocycles. The molecule has 0 bridgehead atoms. The largest absolute Gasteiger partial charge is 0.354 e. The number of hydrogen-bond donors (Lipinski definition) is 1. The van der Waals surface area contributed by atoms with Gasteiger partial charge in [-0.3, -0.25) is 14.3 Å². The number of halogens is 1. The monoisotopic (exact) mass is 298 g/mol. The van der Waals surface area contributed by atoms with Crippen LogP contribution in [0.25, 0.3) is 0 Å². The molecule has 0 radical (unpaired) electrons. The molecule has 2 heterocycles. The van der Waals surface area contributed by atoms with Crippen LogP contribution in [0, 0.1) is 5.92 Å². The number of likely N-dealkylation sites (tertiary alicyclic amines) is 1. The van der Waals surface area contributed by atoms with Gasteiger partial charge in [0.2, 0.25) is 11.8 Å². The minimum atomic E-state index is -0.244. The van der Waals surface area contributed by atoms with Crippen molar-refractivity contribution in [2.45, 2.75) is 32.9 Å². The van der Waals surface area contributed by atoms with Crippen LogP contribution in [-0.2, 0) is 16.1 Å². The molecule has 0 spiro atoms. The molecule has 2 amide bonds. The van der Waals surface area contributed by atoms with Gasteiger partial charge in [0.15, 0.2) is 0 Å². The number of carbonyl (C=O) groups is 2. The van der Waals surface area contributed by atoms with Gasteiger partial charge >= 0.3 is 0 Å². The first-order valence-corrected chi connectivity index (χ1v) is 7.10. The first-order valence-electron chi connectivity index (χ1n) is 6.72. The number of nitrogens with one attached hydrogen (secondary N) is 1. The zero-order valence-electron chi connectivity index (χ0n) is 11.7. The van der Waals surface area contributed by atoms with Gasteiger partial charge < -0.3 is 10.2 Å². The normalized spacial score (nSPS) is 18.9. The van der Waals surface area contributed by atoms with E-state index in [-0.39, 0.29) is 23.8 Å². The first kappa shape index (κ1) is 14.8. The second-order valence-electron chi connectivity index (χ2n) is 5.25. The number of amides is 2. The molecule has 1 unspecified atom stereocenters. The Balaban J connectivity index is 1.77. The molecule has 1 aromatic heterocycles. The predicted octanol–water partition coefficient (Wildman–Crippen LogP) is 0.910. The van der Waals surface area contributed by atoms with Gasteiger partial charge in [-0.1, -0.05) is 11.6 Å². The number of aromatic nitrogens is 2. The summed E-state index contributed by atoms with van der Waals surface area (Å²) in [5.74, 6) is -0.259. The molecule has 7 heteroatoms. The lowest BCUT2D eigenvalue weighted by molar-refractivity contribution is -0.129. The van der Waals surface area contributed by atoms with Crippen molar-refractivity contribution in [1.82, 2.24) is 20.0 Å². The molecular weight excluding hydrogens is 280 g/mol. The fourth-order valence-electron chi connectivity index (χ4n) is 2.30. The van der Waals surface area contributed by atoms with Crippen molar-refractivity contribution in [1.29, 1.82) is 0 Å². The topological polar surface area (TPSA) is 67.2 Å². The first-order chi connectivity index (χ1) is 9.47. The summed E-state index contributed by atoms with van der Waals surface area (Å²) in [6, 6.07) is 0.145. The number of nitrogens with zero attached hydrogens (tertiary/aromatic N) is 3. The molecule has 1 N–H and O–H groups in total.